The molecule has 3 aromatic rings. The van der Waals surface area contributed by atoms with E-state index in [-0.39, 0.29) is 48.2 Å². The van der Waals surface area contributed by atoms with Crippen molar-refractivity contribution in [3.8, 4) is 0 Å². The maximum Gasteiger partial charge on any atom is 0.265 e. The van der Waals surface area contributed by atoms with E-state index in [4.69, 9.17) is 11.6 Å². The summed E-state index contributed by atoms with van der Waals surface area (Å²) in [5, 5.41) is 3.26. The summed E-state index contributed by atoms with van der Waals surface area (Å²) in [6.45, 7) is 3.26. The Morgan fingerprint density at radius 3 is 2.55 bits per heavy atom. The number of hydrogen-bond acceptors (Lipinski definition) is 6. The molecule has 2 aliphatic rings. The lowest BCUT2D eigenvalue weighted by Gasteiger charge is -2.42. The van der Waals surface area contributed by atoms with Crippen LogP contribution in [0.2, 0.25) is 5.02 Å². The van der Waals surface area contributed by atoms with E-state index in [1.807, 2.05) is 6.92 Å². The molecule has 1 unspecified atom stereocenters. The van der Waals surface area contributed by atoms with Crippen molar-refractivity contribution in [1.82, 2.24) is 24.8 Å². The van der Waals surface area contributed by atoms with Crippen LogP contribution in [-0.2, 0) is 22.7 Å². The summed E-state index contributed by atoms with van der Waals surface area (Å²) in [5.74, 6) is -1.07. The first-order valence-electron chi connectivity index (χ1n) is 12.2. The second-order valence-electron chi connectivity index (χ2n) is 10.0. The summed E-state index contributed by atoms with van der Waals surface area (Å²) in [4.78, 5) is 63.6. The summed E-state index contributed by atoms with van der Waals surface area (Å²) in [5.41, 5.74) is -1.39. The average molecular weight is 541 g/mol. The molecule has 12 heteroatoms. The van der Waals surface area contributed by atoms with Crippen LogP contribution in [0.4, 0.5) is 10.2 Å². The third kappa shape index (κ3) is 4.98. The van der Waals surface area contributed by atoms with Gasteiger partial charge in [-0.3, -0.25) is 28.6 Å². The van der Waals surface area contributed by atoms with Crippen molar-refractivity contribution in [3.05, 3.63) is 63.0 Å². The molecule has 1 N–H and O–H groups in total. The number of aromatic nitrogens is 3. The molecular weight excluding hydrogens is 515 g/mol. The zero-order valence-electron chi connectivity index (χ0n) is 20.9. The molecule has 5 rings (SSSR count). The average Bonchev–Trinajstić information content (AvgIpc) is 3.21. The van der Waals surface area contributed by atoms with Crippen LogP contribution in [0.25, 0.3) is 11.2 Å². The highest BCUT2D eigenvalue weighted by atomic mass is 35.5. The topological polar surface area (TPSA) is 118 Å². The van der Waals surface area contributed by atoms with Gasteiger partial charge in [0.05, 0.1) is 19.3 Å². The normalized spacial score (nSPS) is 18.5. The van der Waals surface area contributed by atoms with Crippen LogP contribution in [0.15, 0.2) is 41.3 Å². The second-order valence-corrected chi connectivity index (χ2v) is 10.5. The summed E-state index contributed by atoms with van der Waals surface area (Å²) < 4.78 is 15.1. The standard InChI is InChI=1S/C26H26ClFN6O4/c1-15-7-8-33(24(15)37)20-11-29-22-19(31-20)9-18(23(36)30-10-16-3-5-17(27)6-4-16)25(38)34(22)12-21(35)32-13-26(2,28)14-32/h3-6,9,11,15H,7-8,10,12-14H2,1-2H3,(H,30,36). The van der Waals surface area contributed by atoms with Crippen molar-refractivity contribution in [2.45, 2.75) is 39.0 Å². The molecule has 2 aromatic heterocycles. The quantitative estimate of drug-likeness (QED) is 0.513. The largest absolute Gasteiger partial charge is 0.348 e. The molecule has 0 aliphatic carbocycles. The number of likely N-dealkylation sites (tertiary alicyclic amines) is 1. The zero-order valence-corrected chi connectivity index (χ0v) is 21.7. The number of nitrogens with zero attached hydrogens (tertiary/aromatic N) is 5. The maximum atomic E-state index is 14.0. The van der Waals surface area contributed by atoms with Gasteiger partial charge in [-0.15, -0.1) is 0 Å². The minimum absolute atomic E-state index is 0.0785. The lowest BCUT2D eigenvalue weighted by Crippen LogP contribution is -2.60. The fourth-order valence-electron chi connectivity index (χ4n) is 4.66. The number of carbonyl (C=O) groups is 3. The van der Waals surface area contributed by atoms with Gasteiger partial charge in [-0.25, -0.2) is 14.4 Å². The van der Waals surface area contributed by atoms with Gasteiger partial charge in [0, 0.05) is 24.0 Å². The second kappa shape index (κ2) is 9.79. The molecule has 10 nitrogen and oxygen atoms in total. The first-order chi connectivity index (χ1) is 18.0. The van der Waals surface area contributed by atoms with E-state index in [1.54, 1.807) is 24.3 Å². The number of amides is 3. The van der Waals surface area contributed by atoms with Crippen LogP contribution in [0.5, 0.6) is 0 Å². The molecule has 0 saturated carbocycles. The van der Waals surface area contributed by atoms with E-state index < -0.39 is 29.6 Å². The van der Waals surface area contributed by atoms with Gasteiger partial charge in [-0.2, -0.15) is 0 Å². The predicted molar refractivity (Wildman–Crippen MR) is 139 cm³/mol. The summed E-state index contributed by atoms with van der Waals surface area (Å²) in [6.07, 6.45) is 2.05. The van der Waals surface area contributed by atoms with E-state index in [9.17, 15) is 23.6 Å². The molecule has 0 bridgehead atoms. The lowest BCUT2D eigenvalue weighted by molar-refractivity contribution is -0.144. The third-order valence-corrected chi connectivity index (χ3v) is 7.08. The van der Waals surface area contributed by atoms with Gasteiger partial charge < -0.3 is 10.2 Å². The fraction of sp³-hybridized carbons (Fsp3) is 0.385. The summed E-state index contributed by atoms with van der Waals surface area (Å²) >= 11 is 5.91. The number of rotatable bonds is 6. The Hall–Kier alpha value is -3.86. The van der Waals surface area contributed by atoms with Crippen LogP contribution in [0.3, 0.4) is 0 Å². The van der Waals surface area contributed by atoms with E-state index in [0.717, 1.165) is 10.1 Å². The molecule has 0 spiro atoms. The van der Waals surface area contributed by atoms with Crippen molar-refractivity contribution in [1.29, 1.82) is 0 Å². The van der Waals surface area contributed by atoms with E-state index in [1.165, 1.54) is 29.0 Å². The Bertz CT molecular complexity index is 1500. The van der Waals surface area contributed by atoms with Gasteiger partial charge in [0.25, 0.3) is 11.5 Å². The Morgan fingerprint density at radius 2 is 1.92 bits per heavy atom. The first kappa shape index (κ1) is 25.8. The SMILES string of the molecule is CC1CCN(c2cnc3c(cc(C(=O)NCc4ccc(Cl)cc4)c(=O)n3CC(=O)N3CC(C)(F)C3)n2)C1=O. The minimum atomic E-state index is -1.47. The number of alkyl halides is 1. The van der Waals surface area contributed by atoms with E-state index in [2.05, 4.69) is 15.3 Å². The van der Waals surface area contributed by atoms with E-state index >= 15 is 0 Å². The number of halogens is 2. The van der Waals surface area contributed by atoms with Crippen molar-refractivity contribution < 1.29 is 18.8 Å². The van der Waals surface area contributed by atoms with Crippen LogP contribution in [0.1, 0.15) is 36.2 Å². The number of nitrogens with one attached hydrogen (secondary N) is 1. The first-order valence-corrected chi connectivity index (χ1v) is 12.6. The van der Waals surface area contributed by atoms with Crippen molar-refractivity contribution >= 4 is 46.3 Å². The molecule has 2 saturated heterocycles. The minimum Gasteiger partial charge on any atom is -0.348 e. The lowest BCUT2D eigenvalue weighted by atomic mass is 9.99. The van der Waals surface area contributed by atoms with Crippen molar-refractivity contribution in [3.63, 3.8) is 0 Å². The van der Waals surface area contributed by atoms with Gasteiger partial charge in [0.15, 0.2) is 11.5 Å². The number of benzene rings is 1. The molecule has 0 radical (unpaired) electrons. The van der Waals surface area contributed by atoms with Gasteiger partial charge in [-0.1, -0.05) is 30.7 Å². The molecule has 4 heterocycles. The van der Waals surface area contributed by atoms with Crippen LogP contribution >= 0.6 is 11.6 Å². The number of anilines is 1. The Balaban J connectivity index is 1.50. The highest BCUT2D eigenvalue weighted by Gasteiger charge is 2.41. The summed E-state index contributed by atoms with van der Waals surface area (Å²) in [6, 6.07) is 8.19. The van der Waals surface area contributed by atoms with Crippen LogP contribution < -0.4 is 15.8 Å². The van der Waals surface area contributed by atoms with Crippen LogP contribution in [-0.4, -0.2) is 62.5 Å². The number of hydrogen-bond donors (Lipinski definition) is 1. The molecule has 38 heavy (non-hydrogen) atoms. The summed E-state index contributed by atoms with van der Waals surface area (Å²) in [7, 11) is 0. The monoisotopic (exact) mass is 540 g/mol. The van der Waals surface area contributed by atoms with Crippen molar-refractivity contribution in [2.75, 3.05) is 24.5 Å². The highest BCUT2D eigenvalue weighted by Crippen LogP contribution is 2.26. The molecule has 198 valence electrons. The van der Waals surface area contributed by atoms with Gasteiger partial charge in [-0.05, 0) is 37.1 Å². The van der Waals surface area contributed by atoms with Gasteiger partial charge in [0.1, 0.15) is 23.3 Å². The maximum absolute atomic E-state index is 14.0. The Morgan fingerprint density at radius 1 is 1.21 bits per heavy atom. The molecule has 1 aromatic carbocycles. The van der Waals surface area contributed by atoms with Crippen molar-refractivity contribution in [2.24, 2.45) is 5.92 Å². The van der Waals surface area contributed by atoms with E-state index in [0.29, 0.717) is 23.8 Å². The predicted octanol–water partition coefficient (Wildman–Crippen LogP) is 2.32. The van der Waals surface area contributed by atoms with Gasteiger partial charge in [0.2, 0.25) is 11.8 Å². The fourth-order valence-corrected chi connectivity index (χ4v) is 4.79. The smallest absolute Gasteiger partial charge is 0.265 e. The number of pyridine rings is 1. The zero-order chi connectivity index (χ0) is 27.2. The molecule has 2 aliphatic heterocycles. The number of carbonyl (C=O) groups excluding carboxylic acids is 3. The Kier molecular flexibility index (Phi) is 6.64. The third-order valence-electron chi connectivity index (χ3n) is 6.83. The highest BCUT2D eigenvalue weighted by molar-refractivity contribution is 6.30. The molecule has 2 fully saturated rings. The van der Waals surface area contributed by atoms with Crippen LogP contribution in [0, 0.1) is 5.92 Å². The molecule has 3 amide bonds. The molecular formula is C26H26ClFN6O4. The number of fused-ring (bicyclic) bond motifs is 1. The Labute approximate surface area is 222 Å². The van der Waals surface area contributed by atoms with Gasteiger partial charge >= 0.3 is 0 Å². The molecule has 1 atom stereocenters.